The molecule has 0 aliphatic carbocycles. The van der Waals surface area contributed by atoms with E-state index in [-0.39, 0.29) is 11.7 Å². The first-order valence-corrected chi connectivity index (χ1v) is 10.2. The number of sulfonamides is 1. The van der Waals surface area contributed by atoms with Gasteiger partial charge >= 0.3 is 0 Å². The van der Waals surface area contributed by atoms with E-state index >= 15 is 0 Å². The largest absolute Gasteiger partial charge is 0.326 e. The van der Waals surface area contributed by atoms with Crippen LogP contribution in [0.15, 0.2) is 24.3 Å². The number of carbonyl (C=O) groups is 1. The van der Waals surface area contributed by atoms with Crippen LogP contribution in [0.1, 0.15) is 39.0 Å². The van der Waals surface area contributed by atoms with E-state index in [1.165, 1.54) is 0 Å². The third-order valence-electron chi connectivity index (χ3n) is 4.13. The molecule has 1 aliphatic rings. The lowest BCUT2D eigenvalue weighted by Crippen LogP contribution is -2.28. The SMILES string of the molecule is CCCS(=O)(=O)Nc1cccc(NC(=O)CCC2CCNCC2)c1. The Kier molecular flexibility index (Phi) is 7.05. The zero-order valence-corrected chi connectivity index (χ0v) is 15.0. The average molecular weight is 353 g/mol. The number of carbonyl (C=O) groups excluding carboxylic acids is 1. The molecule has 1 aliphatic heterocycles. The Morgan fingerprint density at radius 2 is 1.96 bits per heavy atom. The van der Waals surface area contributed by atoms with E-state index in [0.29, 0.717) is 30.1 Å². The molecule has 2 rings (SSSR count). The minimum atomic E-state index is -3.32. The molecule has 1 heterocycles. The fourth-order valence-electron chi connectivity index (χ4n) is 2.89. The van der Waals surface area contributed by atoms with Crippen molar-refractivity contribution in [3.63, 3.8) is 0 Å². The number of rotatable bonds is 8. The molecule has 0 radical (unpaired) electrons. The van der Waals surface area contributed by atoms with Gasteiger partial charge in [-0.05, 0) is 62.9 Å². The molecule has 1 aromatic carbocycles. The molecule has 1 fully saturated rings. The van der Waals surface area contributed by atoms with E-state index < -0.39 is 10.0 Å². The van der Waals surface area contributed by atoms with Crippen molar-refractivity contribution in [1.29, 1.82) is 0 Å². The van der Waals surface area contributed by atoms with Crippen LogP contribution >= 0.6 is 0 Å². The van der Waals surface area contributed by atoms with Crippen molar-refractivity contribution in [2.24, 2.45) is 5.92 Å². The second-order valence-corrected chi connectivity index (χ2v) is 8.12. The molecule has 0 saturated carbocycles. The van der Waals surface area contributed by atoms with Gasteiger partial charge in [-0.1, -0.05) is 13.0 Å². The van der Waals surface area contributed by atoms with Crippen LogP contribution in [0.25, 0.3) is 0 Å². The smallest absolute Gasteiger partial charge is 0.232 e. The highest BCUT2D eigenvalue weighted by atomic mass is 32.2. The van der Waals surface area contributed by atoms with Gasteiger partial charge in [-0.25, -0.2) is 8.42 Å². The maximum Gasteiger partial charge on any atom is 0.232 e. The van der Waals surface area contributed by atoms with Crippen LogP contribution in [0.4, 0.5) is 11.4 Å². The summed E-state index contributed by atoms with van der Waals surface area (Å²) in [6.07, 6.45) is 4.21. The lowest BCUT2D eigenvalue weighted by molar-refractivity contribution is -0.116. The Hall–Kier alpha value is -1.60. The second kappa shape index (κ2) is 9.03. The van der Waals surface area contributed by atoms with Gasteiger partial charge in [0.05, 0.1) is 11.4 Å². The molecule has 1 aromatic rings. The first-order valence-electron chi connectivity index (χ1n) is 8.59. The second-order valence-electron chi connectivity index (χ2n) is 6.28. The molecule has 7 heteroatoms. The van der Waals surface area contributed by atoms with E-state index in [1.807, 2.05) is 6.92 Å². The topological polar surface area (TPSA) is 87.3 Å². The standard InChI is InChI=1S/C17H27N3O3S/c1-2-12-24(22,23)20-16-5-3-4-15(13-16)19-17(21)7-6-14-8-10-18-11-9-14/h3-5,13-14,18,20H,2,6-12H2,1H3,(H,19,21). The Labute approximate surface area is 144 Å². The highest BCUT2D eigenvalue weighted by molar-refractivity contribution is 7.92. The molecule has 24 heavy (non-hydrogen) atoms. The molecule has 0 bridgehead atoms. The van der Waals surface area contributed by atoms with Crippen LogP contribution in [-0.2, 0) is 14.8 Å². The number of benzene rings is 1. The summed E-state index contributed by atoms with van der Waals surface area (Å²) >= 11 is 0. The zero-order valence-electron chi connectivity index (χ0n) is 14.2. The van der Waals surface area contributed by atoms with Gasteiger partial charge in [0.25, 0.3) is 0 Å². The summed E-state index contributed by atoms with van der Waals surface area (Å²) in [6, 6.07) is 6.82. The van der Waals surface area contributed by atoms with E-state index in [0.717, 1.165) is 32.4 Å². The number of hydrogen-bond donors (Lipinski definition) is 3. The van der Waals surface area contributed by atoms with Gasteiger partial charge in [-0.2, -0.15) is 0 Å². The van der Waals surface area contributed by atoms with Crippen molar-refractivity contribution in [3.8, 4) is 0 Å². The van der Waals surface area contributed by atoms with Crippen molar-refractivity contribution in [1.82, 2.24) is 5.32 Å². The van der Waals surface area contributed by atoms with Gasteiger partial charge in [0.2, 0.25) is 15.9 Å². The first kappa shape index (κ1) is 18.7. The predicted molar refractivity (Wildman–Crippen MR) is 97.6 cm³/mol. The van der Waals surface area contributed by atoms with Crippen LogP contribution in [0, 0.1) is 5.92 Å². The number of piperidine rings is 1. The Morgan fingerprint density at radius 3 is 2.67 bits per heavy atom. The fraction of sp³-hybridized carbons (Fsp3) is 0.588. The third kappa shape index (κ3) is 6.49. The van der Waals surface area contributed by atoms with Crippen molar-refractivity contribution < 1.29 is 13.2 Å². The summed E-state index contributed by atoms with van der Waals surface area (Å²) in [7, 11) is -3.32. The van der Waals surface area contributed by atoms with Crippen molar-refractivity contribution in [2.45, 2.75) is 39.0 Å². The number of anilines is 2. The molecule has 0 unspecified atom stereocenters. The van der Waals surface area contributed by atoms with E-state index in [4.69, 9.17) is 0 Å². The first-order chi connectivity index (χ1) is 11.5. The maximum atomic E-state index is 12.1. The molecule has 1 saturated heterocycles. The van der Waals surface area contributed by atoms with Crippen LogP contribution < -0.4 is 15.4 Å². The Morgan fingerprint density at radius 1 is 1.25 bits per heavy atom. The minimum absolute atomic E-state index is 0.0258. The molecule has 6 nitrogen and oxygen atoms in total. The van der Waals surface area contributed by atoms with Crippen LogP contribution in [0.2, 0.25) is 0 Å². The van der Waals surface area contributed by atoms with E-state index in [9.17, 15) is 13.2 Å². The molecule has 0 spiro atoms. The Balaban J connectivity index is 1.85. The normalized spacial score (nSPS) is 15.9. The van der Waals surface area contributed by atoms with Crippen LogP contribution in [0.5, 0.6) is 0 Å². The van der Waals surface area contributed by atoms with Crippen molar-refractivity contribution >= 4 is 27.3 Å². The zero-order chi connectivity index (χ0) is 17.4. The molecular weight excluding hydrogens is 326 g/mol. The lowest BCUT2D eigenvalue weighted by atomic mass is 9.93. The molecule has 0 aromatic heterocycles. The summed E-state index contributed by atoms with van der Waals surface area (Å²) in [4.78, 5) is 12.1. The predicted octanol–water partition coefficient (Wildman–Crippen LogP) is 2.56. The van der Waals surface area contributed by atoms with Gasteiger partial charge in [0.1, 0.15) is 0 Å². The van der Waals surface area contributed by atoms with Gasteiger partial charge < -0.3 is 10.6 Å². The summed E-state index contributed by atoms with van der Waals surface area (Å²) in [5.74, 6) is 0.672. The van der Waals surface area contributed by atoms with Gasteiger partial charge in [-0.15, -0.1) is 0 Å². The highest BCUT2D eigenvalue weighted by Gasteiger charge is 2.15. The van der Waals surface area contributed by atoms with Gasteiger partial charge in [-0.3, -0.25) is 9.52 Å². The fourth-order valence-corrected chi connectivity index (χ4v) is 4.01. The molecular formula is C17H27N3O3S. The van der Waals surface area contributed by atoms with Gasteiger partial charge in [0, 0.05) is 12.1 Å². The molecule has 1 amide bonds. The molecule has 3 N–H and O–H groups in total. The average Bonchev–Trinajstić information content (AvgIpc) is 2.53. The van der Waals surface area contributed by atoms with Crippen molar-refractivity contribution in [2.75, 3.05) is 28.9 Å². The Bertz CT molecular complexity index is 640. The molecule has 0 atom stereocenters. The van der Waals surface area contributed by atoms with Gasteiger partial charge in [0.15, 0.2) is 0 Å². The van der Waals surface area contributed by atoms with E-state index in [1.54, 1.807) is 24.3 Å². The van der Waals surface area contributed by atoms with E-state index in [2.05, 4.69) is 15.4 Å². The van der Waals surface area contributed by atoms with Crippen LogP contribution in [-0.4, -0.2) is 33.2 Å². The summed E-state index contributed by atoms with van der Waals surface area (Å²) < 4.78 is 26.1. The maximum absolute atomic E-state index is 12.1. The highest BCUT2D eigenvalue weighted by Crippen LogP contribution is 2.20. The summed E-state index contributed by atoms with van der Waals surface area (Å²) in [6.45, 7) is 3.89. The molecule has 134 valence electrons. The quantitative estimate of drug-likeness (QED) is 0.670. The number of hydrogen-bond acceptors (Lipinski definition) is 4. The minimum Gasteiger partial charge on any atom is -0.326 e. The van der Waals surface area contributed by atoms with Crippen LogP contribution in [0.3, 0.4) is 0 Å². The number of amides is 1. The monoisotopic (exact) mass is 353 g/mol. The third-order valence-corrected chi connectivity index (χ3v) is 5.62. The summed E-state index contributed by atoms with van der Waals surface area (Å²) in [5.41, 5.74) is 1.08. The summed E-state index contributed by atoms with van der Waals surface area (Å²) in [5, 5.41) is 6.17. The van der Waals surface area contributed by atoms with Crippen molar-refractivity contribution in [3.05, 3.63) is 24.3 Å². The lowest BCUT2D eigenvalue weighted by Gasteiger charge is -2.22. The number of nitrogens with one attached hydrogen (secondary N) is 3.